The van der Waals surface area contributed by atoms with Crippen LogP contribution in [0.5, 0.6) is 11.5 Å². The van der Waals surface area contributed by atoms with E-state index in [0.29, 0.717) is 34.7 Å². The number of carbonyl (C=O) groups excluding carboxylic acids is 1. The normalized spacial score (nSPS) is 10.6. The van der Waals surface area contributed by atoms with E-state index in [2.05, 4.69) is 10.2 Å². The fourth-order valence-electron chi connectivity index (χ4n) is 2.54. The maximum Gasteiger partial charge on any atom is 0.277 e. The van der Waals surface area contributed by atoms with Crippen LogP contribution in [-0.4, -0.2) is 48.0 Å². The Kier molecular flexibility index (Phi) is 6.71. The van der Waals surface area contributed by atoms with Gasteiger partial charge in [-0.15, -0.1) is 10.2 Å². The molecular weight excluding hydrogens is 397 g/mol. The Morgan fingerprint density at radius 1 is 1.10 bits per heavy atom. The topological polar surface area (TPSA) is 77.7 Å². The number of thioether (sulfide) groups is 1. The Hall–Kier alpha value is -3.07. The Morgan fingerprint density at radius 2 is 1.83 bits per heavy atom. The highest BCUT2D eigenvalue weighted by molar-refractivity contribution is 7.99. The molecular formula is C20H20FN3O4S. The van der Waals surface area contributed by atoms with Crippen molar-refractivity contribution in [3.05, 3.63) is 53.8 Å². The van der Waals surface area contributed by atoms with Gasteiger partial charge in [0.2, 0.25) is 11.8 Å². The maximum absolute atomic E-state index is 13.0. The Labute approximate surface area is 171 Å². The van der Waals surface area contributed by atoms with Crippen molar-refractivity contribution in [3.8, 4) is 23.0 Å². The summed E-state index contributed by atoms with van der Waals surface area (Å²) in [5.74, 6) is 1.20. The Balaban J connectivity index is 1.58. The van der Waals surface area contributed by atoms with E-state index in [1.54, 1.807) is 56.5 Å². The summed E-state index contributed by atoms with van der Waals surface area (Å²) < 4.78 is 29.1. The molecule has 7 nitrogen and oxygen atoms in total. The molecule has 0 radical (unpaired) electrons. The number of nitrogens with zero attached hydrogens (tertiary/aromatic N) is 3. The quantitative estimate of drug-likeness (QED) is 0.518. The van der Waals surface area contributed by atoms with Gasteiger partial charge >= 0.3 is 0 Å². The van der Waals surface area contributed by atoms with Gasteiger partial charge in [0.1, 0.15) is 5.82 Å². The second kappa shape index (κ2) is 9.42. The largest absolute Gasteiger partial charge is 0.493 e. The van der Waals surface area contributed by atoms with Gasteiger partial charge in [-0.25, -0.2) is 4.39 Å². The Morgan fingerprint density at radius 3 is 2.52 bits per heavy atom. The van der Waals surface area contributed by atoms with E-state index in [4.69, 9.17) is 13.9 Å². The minimum absolute atomic E-state index is 0.106. The fraction of sp³-hybridized carbons (Fsp3) is 0.250. The highest BCUT2D eigenvalue weighted by Gasteiger charge is 2.15. The first-order valence-electron chi connectivity index (χ1n) is 8.67. The lowest BCUT2D eigenvalue weighted by Gasteiger charge is -2.16. The zero-order chi connectivity index (χ0) is 20.8. The molecule has 0 saturated carbocycles. The molecule has 0 unspecified atom stereocenters. The second-order valence-corrected chi connectivity index (χ2v) is 7.03. The van der Waals surface area contributed by atoms with E-state index in [1.807, 2.05) is 0 Å². The fourth-order valence-corrected chi connectivity index (χ4v) is 3.24. The number of carbonyl (C=O) groups is 1. The van der Waals surface area contributed by atoms with Crippen LogP contribution in [0.15, 0.2) is 52.1 Å². The molecule has 0 atom stereocenters. The smallest absolute Gasteiger partial charge is 0.277 e. The molecule has 0 saturated heterocycles. The van der Waals surface area contributed by atoms with E-state index < -0.39 is 0 Å². The summed E-state index contributed by atoms with van der Waals surface area (Å²) in [4.78, 5) is 13.9. The van der Waals surface area contributed by atoms with Crippen LogP contribution in [0.25, 0.3) is 11.5 Å². The lowest BCUT2D eigenvalue weighted by molar-refractivity contribution is -0.127. The van der Waals surface area contributed by atoms with Gasteiger partial charge in [-0.1, -0.05) is 23.9 Å². The van der Waals surface area contributed by atoms with Crippen LogP contribution in [0.2, 0.25) is 0 Å². The molecule has 29 heavy (non-hydrogen) atoms. The number of hydrogen-bond donors (Lipinski definition) is 0. The molecule has 3 aromatic rings. The Bertz CT molecular complexity index is 978. The van der Waals surface area contributed by atoms with Crippen molar-refractivity contribution in [3.63, 3.8) is 0 Å². The number of hydrogen-bond acceptors (Lipinski definition) is 7. The summed E-state index contributed by atoms with van der Waals surface area (Å²) in [6.07, 6.45) is 0. The first-order valence-corrected chi connectivity index (χ1v) is 9.66. The number of methoxy groups -OCH3 is 2. The van der Waals surface area contributed by atoms with Gasteiger partial charge in [-0.05, 0) is 35.9 Å². The molecule has 0 spiro atoms. The molecule has 2 aromatic carbocycles. The van der Waals surface area contributed by atoms with Crippen LogP contribution in [0.4, 0.5) is 4.39 Å². The van der Waals surface area contributed by atoms with Gasteiger partial charge in [-0.2, -0.15) is 0 Å². The van der Waals surface area contributed by atoms with Gasteiger partial charge < -0.3 is 18.8 Å². The zero-order valence-electron chi connectivity index (χ0n) is 16.2. The first kappa shape index (κ1) is 20.7. The second-order valence-electron chi connectivity index (χ2n) is 6.11. The SMILES string of the molecule is COc1ccc(-c2nnc(SCC(=O)N(C)Cc3ccc(F)cc3)o2)cc1OC. The highest BCUT2D eigenvalue weighted by atomic mass is 32.2. The number of amides is 1. The lowest BCUT2D eigenvalue weighted by Crippen LogP contribution is -2.27. The van der Waals surface area contributed by atoms with Gasteiger partial charge in [0.25, 0.3) is 5.22 Å². The van der Waals surface area contributed by atoms with Crippen molar-refractivity contribution >= 4 is 17.7 Å². The third-order valence-electron chi connectivity index (χ3n) is 4.11. The predicted octanol–water partition coefficient (Wildman–Crippen LogP) is 3.64. The van der Waals surface area contributed by atoms with E-state index in [-0.39, 0.29) is 17.5 Å². The highest BCUT2D eigenvalue weighted by Crippen LogP contribution is 2.32. The summed E-state index contributed by atoms with van der Waals surface area (Å²) in [5.41, 5.74) is 1.53. The minimum Gasteiger partial charge on any atom is -0.493 e. The van der Waals surface area contributed by atoms with Crippen LogP contribution in [0.1, 0.15) is 5.56 Å². The summed E-state index contributed by atoms with van der Waals surface area (Å²) in [6, 6.07) is 11.3. The zero-order valence-corrected chi connectivity index (χ0v) is 17.0. The monoisotopic (exact) mass is 417 g/mol. The molecule has 9 heteroatoms. The van der Waals surface area contributed by atoms with Crippen LogP contribution in [-0.2, 0) is 11.3 Å². The van der Waals surface area contributed by atoms with Crippen molar-refractivity contribution < 1.29 is 23.1 Å². The maximum atomic E-state index is 13.0. The van der Waals surface area contributed by atoms with E-state index in [1.165, 1.54) is 12.1 Å². The van der Waals surface area contributed by atoms with Crippen molar-refractivity contribution in [1.82, 2.24) is 15.1 Å². The third kappa shape index (κ3) is 5.26. The molecule has 0 fully saturated rings. The molecule has 0 aliphatic heterocycles. The summed E-state index contributed by atoms with van der Waals surface area (Å²) in [7, 11) is 4.79. The van der Waals surface area contributed by atoms with Gasteiger partial charge in [0.05, 0.1) is 20.0 Å². The predicted molar refractivity (Wildman–Crippen MR) is 106 cm³/mol. The number of halogens is 1. The van der Waals surface area contributed by atoms with Gasteiger partial charge in [0.15, 0.2) is 11.5 Å². The molecule has 0 N–H and O–H groups in total. The van der Waals surface area contributed by atoms with E-state index >= 15 is 0 Å². The van der Waals surface area contributed by atoms with Crippen LogP contribution >= 0.6 is 11.8 Å². The molecule has 0 aliphatic rings. The molecule has 0 aliphatic carbocycles. The molecule has 0 bridgehead atoms. The van der Waals surface area contributed by atoms with Crippen molar-refractivity contribution in [2.45, 2.75) is 11.8 Å². The summed E-state index contributed by atoms with van der Waals surface area (Å²) >= 11 is 1.16. The molecule has 1 aromatic heterocycles. The number of ether oxygens (including phenoxy) is 2. The number of benzene rings is 2. The third-order valence-corrected chi connectivity index (χ3v) is 4.92. The first-order chi connectivity index (χ1) is 14.0. The lowest BCUT2D eigenvalue weighted by atomic mass is 10.2. The van der Waals surface area contributed by atoms with Crippen LogP contribution in [0.3, 0.4) is 0 Å². The van der Waals surface area contributed by atoms with Crippen LogP contribution < -0.4 is 9.47 Å². The standard InChI is InChI=1S/C20H20FN3O4S/c1-24(11-13-4-7-15(21)8-5-13)18(25)12-29-20-23-22-19(28-20)14-6-9-16(26-2)17(10-14)27-3/h4-10H,11-12H2,1-3H3. The van der Waals surface area contributed by atoms with Crippen LogP contribution in [0, 0.1) is 5.82 Å². The van der Waals surface area contributed by atoms with E-state index in [0.717, 1.165) is 17.3 Å². The van der Waals surface area contributed by atoms with E-state index in [9.17, 15) is 9.18 Å². The molecule has 1 heterocycles. The molecule has 3 rings (SSSR count). The number of rotatable bonds is 8. The minimum atomic E-state index is -0.306. The molecule has 1 amide bonds. The average Bonchev–Trinajstić information content (AvgIpc) is 3.22. The average molecular weight is 417 g/mol. The van der Waals surface area contributed by atoms with Crippen molar-refractivity contribution in [2.24, 2.45) is 0 Å². The van der Waals surface area contributed by atoms with Gasteiger partial charge in [0, 0.05) is 19.2 Å². The summed E-state index contributed by atoms with van der Waals surface area (Å²) in [6.45, 7) is 0.389. The van der Waals surface area contributed by atoms with Gasteiger partial charge in [-0.3, -0.25) is 4.79 Å². The molecule has 152 valence electrons. The summed E-state index contributed by atoms with van der Waals surface area (Å²) in [5, 5.41) is 8.29. The van der Waals surface area contributed by atoms with Crippen molar-refractivity contribution in [2.75, 3.05) is 27.0 Å². The van der Waals surface area contributed by atoms with Crippen molar-refractivity contribution in [1.29, 1.82) is 0 Å². The number of aromatic nitrogens is 2.